The molecule has 2 aromatic carbocycles. The topological polar surface area (TPSA) is 84.9 Å². The number of halogens is 3. The summed E-state index contributed by atoms with van der Waals surface area (Å²) in [6.07, 6.45) is 2.60. The lowest BCUT2D eigenvalue weighted by molar-refractivity contribution is -0.0498. The number of carbonyl (C=O) groups is 1. The summed E-state index contributed by atoms with van der Waals surface area (Å²) in [4.78, 5) is 14.5. The maximum absolute atomic E-state index is 12.8. The largest absolute Gasteiger partial charge is 0.444 e. The molecule has 0 heterocycles. The fourth-order valence-electron chi connectivity index (χ4n) is 4.06. The molecular formula is C25H33ClF2N2O5S. The number of hydrogen-bond donors (Lipinski definition) is 1. The Balaban J connectivity index is 0.00000456. The molecule has 1 N–H and O–H groups in total. The number of nitrogens with one attached hydrogen (secondary N) is 1. The highest BCUT2D eigenvalue weighted by atomic mass is 35.5. The van der Waals surface area contributed by atoms with Crippen molar-refractivity contribution < 1.29 is 31.5 Å². The van der Waals surface area contributed by atoms with E-state index in [0.29, 0.717) is 25.1 Å². The number of benzene rings is 2. The van der Waals surface area contributed by atoms with Crippen LogP contribution in [0.5, 0.6) is 5.75 Å². The molecule has 36 heavy (non-hydrogen) atoms. The SMILES string of the molecule is CCCN(C(=O)OC(C)(C)C)[C@H]1CCc2cc(NS(=O)(=O)c3ccc(OC(F)F)cc3)ccc2C1.Cl. The van der Waals surface area contributed by atoms with E-state index in [-0.39, 0.29) is 35.2 Å². The number of hydrogen-bond acceptors (Lipinski definition) is 5. The van der Waals surface area contributed by atoms with Crippen LogP contribution in [0, 0.1) is 0 Å². The van der Waals surface area contributed by atoms with E-state index >= 15 is 0 Å². The molecule has 0 saturated carbocycles. The first-order valence-corrected chi connectivity index (χ1v) is 13.1. The summed E-state index contributed by atoms with van der Waals surface area (Å²) in [6.45, 7) is 5.18. The Labute approximate surface area is 217 Å². The molecule has 1 aliphatic carbocycles. The standard InChI is InChI=1S/C25H32F2N2O5S.ClH/c1-5-14-29(24(30)34-25(2,3)4)20-9-7-17-15-19(8-6-18(17)16-20)28-35(31,32)22-12-10-21(11-13-22)33-23(26)27;/h6,8,10-13,15,20,23,28H,5,7,9,14,16H2,1-4H3;1H/t20-;/m0./s1. The number of anilines is 1. The van der Waals surface area contributed by atoms with Gasteiger partial charge in [-0.25, -0.2) is 13.2 Å². The summed E-state index contributed by atoms with van der Waals surface area (Å²) in [5, 5.41) is 0. The quantitative estimate of drug-likeness (QED) is 0.438. The molecule has 0 aliphatic heterocycles. The lowest BCUT2D eigenvalue weighted by Gasteiger charge is -2.36. The molecule has 0 fully saturated rings. The Morgan fingerprint density at radius 3 is 2.39 bits per heavy atom. The second-order valence-electron chi connectivity index (χ2n) is 9.51. The zero-order chi connectivity index (χ0) is 25.8. The van der Waals surface area contributed by atoms with E-state index in [1.54, 1.807) is 17.0 Å². The monoisotopic (exact) mass is 546 g/mol. The Hall–Kier alpha value is -2.59. The average Bonchev–Trinajstić information content (AvgIpc) is 2.75. The third-order valence-corrected chi connectivity index (χ3v) is 6.95. The van der Waals surface area contributed by atoms with Gasteiger partial charge in [-0.1, -0.05) is 13.0 Å². The molecule has 11 heteroatoms. The zero-order valence-corrected chi connectivity index (χ0v) is 22.4. The predicted molar refractivity (Wildman–Crippen MR) is 137 cm³/mol. The first-order valence-electron chi connectivity index (χ1n) is 11.6. The number of carbonyl (C=O) groups excluding carboxylic acids is 1. The Morgan fingerprint density at radius 2 is 1.81 bits per heavy atom. The van der Waals surface area contributed by atoms with Crippen LogP contribution >= 0.6 is 12.4 Å². The molecular weight excluding hydrogens is 514 g/mol. The first kappa shape index (κ1) is 29.6. The van der Waals surface area contributed by atoms with Gasteiger partial charge in [0.1, 0.15) is 11.4 Å². The average molecular weight is 547 g/mol. The first-order chi connectivity index (χ1) is 16.4. The van der Waals surface area contributed by atoms with Crippen molar-refractivity contribution in [3.8, 4) is 5.75 Å². The van der Waals surface area contributed by atoms with Gasteiger partial charge in [0.2, 0.25) is 0 Å². The molecule has 0 saturated heterocycles. The van der Waals surface area contributed by atoms with Crippen LogP contribution in [0.4, 0.5) is 19.3 Å². The highest BCUT2D eigenvalue weighted by Crippen LogP contribution is 2.29. The molecule has 7 nitrogen and oxygen atoms in total. The van der Waals surface area contributed by atoms with E-state index in [9.17, 15) is 22.0 Å². The van der Waals surface area contributed by atoms with Gasteiger partial charge in [0.15, 0.2) is 0 Å². The van der Waals surface area contributed by atoms with Crippen LogP contribution in [-0.4, -0.2) is 44.2 Å². The molecule has 200 valence electrons. The molecule has 1 amide bonds. The van der Waals surface area contributed by atoms with E-state index in [1.165, 1.54) is 24.3 Å². The van der Waals surface area contributed by atoms with Crippen molar-refractivity contribution in [1.82, 2.24) is 4.90 Å². The van der Waals surface area contributed by atoms with Gasteiger partial charge < -0.3 is 14.4 Å². The number of sulfonamides is 1. The summed E-state index contributed by atoms with van der Waals surface area (Å²) in [7, 11) is -3.91. The molecule has 0 bridgehead atoms. The van der Waals surface area contributed by atoms with Gasteiger partial charge in [-0.2, -0.15) is 8.78 Å². The molecule has 2 aromatic rings. The summed E-state index contributed by atoms with van der Waals surface area (Å²) >= 11 is 0. The van der Waals surface area contributed by atoms with Crippen molar-refractivity contribution in [2.75, 3.05) is 11.3 Å². The van der Waals surface area contributed by atoms with Gasteiger partial charge in [-0.15, -0.1) is 12.4 Å². The second kappa shape index (κ2) is 12.1. The van der Waals surface area contributed by atoms with Crippen LogP contribution < -0.4 is 9.46 Å². The maximum atomic E-state index is 12.8. The van der Waals surface area contributed by atoms with Gasteiger partial charge in [0.25, 0.3) is 10.0 Å². The van der Waals surface area contributed by atoms with Crippen LogP contribution in [0.25, 0.3) is 0 Å². The predicted octanol–water partition coefficient (Wildman–Crippen LogP) is 6.02. The normalized spacial score (nSPS) is 15.5. The van der Waals surface area contributed by atoms with E-state index < -0.39 is 22.2 Å². The van der Waals surface area contributed by atoms with Crippen molar-refractivity contribution in [3.63, 3.8) is 0 Å². The number of amides is 1. The van der Waals surface area contributed by atoms with E-state index in [0.717, 1.165) is 24.0 Å². The van der Waals surface area contributed by atoms with Gasteiger partial charge in [-0.05, 0) is 94.0 Å². The number of rotatable bonds is 8. The molecule has 0 spiro atoms. The zero-order valence-electron chi connectivity index (χ0n) is 20.8. The Morgan fingerprint density at radius 1 is 1.14 bits per heavy atom. The lowest BCUT2D eigenvalue weighted by Crippen LogP contribution is -2.46. The van der Waals surface area contributed by atoms with Crippen LogP contribution in [-0.2, 0) is 27.6 Å². The van der Waals surface area contributed by atoms with Crippen molar-refractivity contribution in [2.24, 2.45) is 0 Å². The minimum absolute atomic E-state index is 0. The van der Waals surface area contributed by atoms with E-state index in [1.807, 2.05) is 33.8 Å². The number of aryl methyl sites for hydroxylation is 1. The molecule has 1 atom stereocenters. The molecule has 0 unspecified atom stereocenters. The van der Waals surface area contributed by atoms with Crippen LogP contribution in [0.1, 0.15) is 51.7 Å². The van der Waals surface area contributed by atoms with Crippen molar-refractivity contribution in [3.05, 3.63) is 53.6 Å². The van der Waals surface area contributed by atoms with Crippen LogP contribution in [0.2, 0.25) is 0 Å². The maximum Gasteiger partial charge on any atom is 0.410 e. The van der Waals surface area contributed by atoms with Crippen LogP contribution in [0.3, 0.4) is 0 Å². The molecule has 3 rings (SSSR count). The second-order valence-corrected chi connectivity index (χ2v) is 11.2. The minimum Gasteiger partial charge on any atom is -0.444 e. The third-order valence-electron chi connectivity index (χ3n) is 5.55. The Kier molecular flexibility index (Phi) is 9.96. The fourth-order valence-corrected chi connectivity index (χ4v) is 5.11. The highest BCUT2D eigenvalue weighted by Gasteiger charge is 2.30. The molecule has 0 aromatic heterocycles. The highest BCUT2D eigenvalue weighted by molar-refractivity contribution is 7.92. The van der Waals surface area contributed by atoms with Crippen molar-refractivity contribution in [2.45, 2.75) is 76.5 Å². The molecule has 1 aliphatic rings. The van der Waals surface area contributed by atoms with Crippen LogP contribution in [0.15, 0.2) is 47.4 Å². The summed E-state index contributed by atoms with van der Waals surface area (Å²) in [5.41, 5.74) is 1.91. The number of fused-ring (bicyclic) bond motifs is 1. The number of ether oxygens (including phenoxy) is 2. The van der Waals surface area contributed by atoms with E-state index in [2.05, 4.69) is 9.46 Å². The summed E-state index contributed by atoms with van der Waals surface area (Å²) < 4.78 is 62.5. The van der Waals surface area contributed by atoms with Crippen molar-refractivity contribution in [1.29, 1.82) is 0 Å². The summed E-state index contributed by atoms with van der Waals surface area (Å²) in [5.74, 6) is -0.120. The van der Waals surface area contributed by atoms with Gasteiger partial charge in [0.05, 0.1) is 4.90 Å². The van der Waals surface area contributed by atoms with Gasteiger partial charge in [-0.3, -0.25) is 4.72 Å². The van der Waals surface area contributed by atoms with Crippen molar-refractivity contribution >= 4 is 34.2 Å². The van der Waals surface area contributed by atoms with E-state index in [4.69, 9.17) is 4.74 Å². The minimum atomic E-state index is -3.91. The Bertz CT molecular complexity index is 1140. The fraction of sp³-hybridized carbons (Fsp3) is 0.480. The number of nitrogens with zero attached hydrogens (tertiary/aromatic N) is 1. The van der Waals surface area contributed by atoms with Gasteiger partial charge in [0, 0.05) is 18.3 Å². The third kappa shape index (κ3) is 7.96. The smallest absolute Gasteiger partial charge is 0.410 e. The lowest BCUT2D eigenvalue weighted by atomic mass is 9.87. The number of alkyl halides is 2. The summed E-state index contributed by atoms with van der Waals surface area (Å²) in [6, 6.07) is 10.1. The van der Waals surface area contributed by atoms with Gasteiger partial charge >= 0.3 is 12.7 Å². The molecule has 0 radical (unpaired) electrons.